The molecule has 0 unspecified atom stereocenters. The van der Waals surface area contributed by atoms with Crippen molar-refractivity contribution in [2.45, 2.75) is 25.7 Å². The molecule has 3 heterocycles. The molecular weight excluding hydrogens is 496 g/mol. The molecule has 1 aliphatic rings. The molecule has 2 aromatic heterocycles. The Bertz CT molecular complexity index is 943. The molecule has 1 saturated heterocycles. The van der Waals surface area contributed by atoms with Crippen molar-refractivity contribution in [2.24, 2.45) is 0 Å². The molecule has 0 atom stereocenters. The molecule has 2 aromatic rings. The first-order valence-electron chi connectivity index (χ1n) is 9.43. The molecule has 0 aliphatic carbocycles. The third kappa shape index (κ3) is 10.2. The van der Waals surface area contributed by atoms with Gasteiger partial charge >= 0.3 is 35.8 Å². The van der Waals surface area contributed by atoms with Crippen LogP contribution in [0.2, 0.25) is 0 Å². The molecule has 0 spiro atoms. The third-order valence-corrected chi connectivity index (χ3v) is 5.58. The zero-order valence-corrected chi connectivity index (χ0v) is 19.1. The van der Waals surface area contributed by atoms with Gasteiger partial charge in [0.1, 0.15) is 23.0 Å². The Labute approximate surface area is 200 Å². The zero-order chi connectivity index (χ0) is 25.7. The lowest BCUT2D eigenvalue weighted by atomic mass is 10.2. The number of thiophene rings is 2. The van der Waals surface area contributed by atoms with E-state index in [2.05, 4.69) is 0 Å². The van der Waals surface area contributed by atoms with E-state index >= 15 is 0 Å². The number of rotatable bonds is 4. The first-order valence-corrected chi connectivity index (χ1v) is 11.2. The predicted molar refractivity (Wildman–Crippen MR) is 117 cm³/mol. The number of aromatic carboxylic acids is 4. The predicted octanol–water partition coefficient (Wildman–Crippen LogP) is 2.94. The SMILES string of the molecule is O=C(O)c1ccc(C(=O)O)s1.O=C(O)c1cscc1C(=O)O.O=C1CCCCC(=O)OCCO1. The van der Waals surface area contributed by atoms with Gasteiger partial charge in [-0.05, 0) is 25.0 Å². The number of carboxylic acids is 4. The molecule has 34 heavy (non-hydrogen) atoms. The molecule has 0 radical (unpaired) electrons. The van der Waals surface area contributed by atoms with E-state index in [1.807, 2.05) is 0 Å². The fourth-order valence-corrected chi connectivity index (χ4v) is 3.67. The highest BCUT2D eigenvalue weighted by Gasteiger charge is 2.16. The number of carbonyl (C=O) groups is 6. The summed E-state index contributed by atoms with van der Waals surface area (Å²) in [6.07, 6.45) is 2.22. The highest BCUT2D eigenvalue weighted by Crippen LogP contribution is 2.16. The van der Waals surface area contributed by atoms with Gasteiger partial charge in [-0.2, -0.15) is 11.3 Å². The van der Waals surface area contributed by atoms with Crippen molar-refractivity contribution in [1.82, 2.24) is 0 Å². The third-order valence-electron chi connectivity index (χ3n) is 3.77. The number of hydrogen-bond acceptors (Lipinski definition) is 10. The Morgan fingerprint density at radius 3 is 1.35 bits per heavy atom. The van der Waals surface area contributed by atoms with E-state index in [1.165, 1.54) is 22.9 Å². The van der Waals surface area contributed by atoms with E-state index in [4.69, 9.17) is 29.9 Å². The van der Waals surface area contributed by atoms with Crippen LogP contribution in [0.1, 0.15) is 65.7 Å². The number of carboxylic acid groups (broad SMARTS) is 4. The standard InChI is InChI=1S/C8H12O4.2C6H4O4S/c9-7-3-1-2-4-8(10)12-6-5-11-7;7-5(8)3-1-11-2-4(3)6(9)10;7-5(8)3-1-2-4(11-3)6(9)10/h1-6H2;2*1-2H,(H,7,8)(H,9,10). The quantitative estimate of drug-likeness (QED) is 0.433. The second kappa shape index (κ2) is 14.4. The minimum absolute atomic E-state index is 0.0439. The van der Waals surface area contributed by atoms with E-state index in [0.717, 1.165) is 22.7 Å². The monoisotopic (exact) mass is 516 g/mol. The van der Waals surface area contributed by atoms with Gasteiger partial charge in [-0.1, -0.05) is 0 Å². The van der Waals surface area contributed by atoms with Crippen LogP contribution in [0.15, 0.2) is 22.9 Å². The van der Waals surface area contributed by atoms with Crippen LogP contribution in [0.4, 0.5) is 0 Å². The van der Waals surface area contributed by atoms with E-state index in [1.54, 1.807) is 0 Å². The van der Waals surface area contributed by atoms with Crippen LogP contribution in [-0.4, -0.2) is 69.5 Å². The van der Waals surface area contributed by atoms with E-state index in [0.29, 0.717) is 25.7 Å². The minimum Gasteiger partial charge on any atom is -0.478 e. The maximum atomic E-state index is 10.8. The van der Waals surface area contributed by atoms with Crippen molar-refractivity contribution in [3.63, 3.8) is 0 Å². The Hall–Kier alpha value is -3.78. The molecule has 12 nitrogen and oxygen atoms in total. The summed E-state index contributed by atoms with van der Waals surface area (Å²) < 4.78 is 9.50. The summed E-state index contributed by atoms with van der Waals surface area (Å²) in [5.74, 6) is -5.00. The van der Waals surface area contributed by atoms with Gasteiger partial charge in [0.15, 0.2) is 0 Å². The van der Waals surface area contributed by atoms with Crippen LogP contribution in [0.3, 0.4) is 0 Å². The lowest BCUT2D eigenvalue weighted by Crippen LogP contribution is -2.15. The lowest BCUT2D eigenvalue weighted by Gasteiger charge is -2.08. The summed E-state index contributed by atoms with van der Waals surface area (Å²) in [5.41, 5.74) is -0.301. The second-order valence-electron chi connectivity index (χ2n) is 6.23. The molecule has 0 saturated carbocycles. The highest BCUT2D eigenvalue weighted by molar-refractivity contribution is 7.15. The molecular formula is C20H20O12S2. The van der Waals surface area contributed by atoms with Crippen molar-refractivity contribution in [3.05, 3.63) is 43.8 Å². The Morgan fingerprint density at radius 1 is 0.676 bits per heavy atom. The fourth-order valence-electron chi connectivity index (χ4n) is 2.19. The van der Waals surface area contributed by atoms with Gasteiger partial charge < -0.3 is 29.9 Å². The van der Waals surface area contributed by atoms with Crippen LogP contribution in [0.5, 0.6) is 0 Å². The number of ether oxygens (including phenoxy) is 2. The molecule has 1 fully saturated rings. The van der Waals surface area contributed by atoms with E-state index in [9.17, 15) is 28.8 Å². The van der Waals surface area contributed by atoms with Gasteiger partial charge in [0.05, 0.1) is 11.1 Å². The number of esters is 2. The molecule has 184 valence electrons. The van der Waals surface area contributed by atoms with Crippen LogP contribution in [-0.2, 0) is 19.1 Å². The van der Waals surface area contributed by atoms with Crippen LogP contribution in [0.25, 0.3) is 0 Å². The Kier molecular flexibility index (Phi) is 12.0. The van der Waals surface area contributed by atoms with Gasteiger partial charge in [0.2, 0.25) is 0 Å². The van der Waals surface area contributed by atoms with Crippen LogP contribution < -0.4 is 0 Å². The molecule has 4 N–H and O–H groups in total. The van der Waals surface area contributed by atoms with Gasteiger partial charge in [-0.3, -0.25) is 9.59 Å². The first kappa shape index (κ1) is 28.3. The van der Waals surface area contributed by atoms with Gasteiger partial charge in [0, 0.05) is 23.6 Å². The normalized spacial score (nSPS) is 13.5. The van der Waals surface area contributed by atoms with Crippen molar-refractivity contribution in [2.75, 3.05) is 13.2 Å². The summed E-state index contributed by atoms with van der Waals surface area (Å²) in [6.45, 7) is 0.370. The summed E-state index contributed by atoms with van der Waals surface area (Å²) in [6, 6.07) is 2.55. The fraction of sp³-hybridized carbons (Fsp3) is 0.300. The van der Waals surface area contributed by atoms with Crippen LogP contribution in [0, 0.1) is 0 Å². The highest BCUT2D eigenvalue weighted by atomic mass is 32.1. The number of carbonyl (C=O) groups excluding carboxylic acids is 2. The molecule has 0 aromatic carbocycles. The van der Waals surface area contributed by atoms with E-state index in [-0.39, 0.29) is 46.0 Å². The number of hydrogen-bond donors (Lipinski definition) is 4. The summed E-state index contributed by atoms with van der Waals surface area (Å²) >= 11 is 1.81. The smallest absolute Gasteiger partial charge is 0.345 e. The first-order chi connectivity index (χ1) is 16.0. The van der Waals surface area contributed by atoms with Gasteiger partial charge in [0.25, 0.3) is 0 Å². The van der Waals surface area contributed by atoms with Crippen molar-refractivity contribution in [3.8, 4) is 0 Å². The summed E-state index contributed by atoms with van der Waals surface area (Å²) in [4.78, 5) is 62.9. The second-order valence-corrected chi connectivity index (χ2v) is 8.06. The molecule has 14 heteroatoms. The lowest BCUT2D eigenvalue weighted by molar-refractivity contribution is -0.153. The molecule has 1 aliphatic heterocycles. The average molecular weight is 517 g/mol. The van der Waals surface area contributed by atoms with E-state index < -0.39 is 23.9 Å². The van der Waals surface area contributed by atoms with Gasteiger partial charge in [-0.25, -0.2) is 19.2 Å². The van der Waals surface area contributed by atoms with Crippen LogP contribution >= 0.6 is 22.7 Å². The van der Waals surface area contributed by atoms with Gasteiger partial charge in [-0.15, -0.1) is 11.3 Å². The topological polar surface area (TPSA) is 202 Å². The molecule has 0 bridgehead atoms. The van der Waals surface area contributed by atoms with Crippen molar-refractivity contribution in [1.29, 1.82) is 0 Å². The number of cyclic esters (lactones) is 2. The Morgan fingerprint density at radius 2 is 1.06 bits per heavy atom. The summed E-state index contributed by atoms with van der Waals surface area (Å²) in [5, 5.41) is 36.3. The summed E-state index contributed by atoms with van der Waals surface area (Å²) in [7, 11) is 0. The molecule has 0 amide bonds. The average Bonchev–Trinajstić information content (AvgIpc) is 3.45. The maximum absolute atomic E-state index is 10.8. The van der Waals surface area contributed by atoms with Crippen molar-refractivity contribution < 1.29 is 58.7 Å². The largest absolute Gasteiger partial charge is 0.478 e. The Balaban J connectivity index is 0.000000255. The zero-order valence-electron chi connectivity index (χ0n) is 17.4. The minimum atomic E-state index is -1.20. The molecule has 3 rings (SSSR count). The maximum Gasteiger partial charge on any atom is 0.345 e. The van der Waals surface area contributed by atoms with Crippen molar-refractivity contribution >= 4 is 58.5 Å².